The number of nitrogens with zero attached hydrogens (tertiary/aromatic N) is 1. The molecule has 0 fully saturated rings. The van der Waals surface area contributed by atoms with Crippen molar-refractivity contribution in [3.8, 4) is 0 Å². The second kappa shape index (κ2) is 8.41. The third-order valence-corrected chi connectivity index (χ3v) is 5.74. The number of hydrogen-bond acceptors (Lipinski definition) is 6. The van der Waals surface area contributed by atoms with Gasteiger partial charge in [0.25, 0.3) is 5.91 Å². The molecule has 27 heavy (non-hydrogen) atoms. The second-order valence-corrected chi connectivity index (χ2v) is 8.12. The third-order valence-electron chi connectivity index (χ3n) is 3.45. The molecule has 146 valence electrons. The first kappa shape index (κ1) is 20.7. The van der Waals surface area contributed by atoms with Crippen molar-refractivity contribution in [1.82, 2.24) is 0 Å². The van der Waals surface area contributed by atoms with Gasteiger partial charge in [-0.25, -0.2) is 22.2 Å². The van der Waals surface area contributed by atoms with Gasteiger partial charge < -0.3 is 16.8 Å². The minimum Gasteiger partial charge on any atom is -0.390 e. The Labute approximate surface area is 158 Å². The fourth-order valence-corrected chi connectivity index (χ4v) is 3.57. The lowest BCUT2D eigenvalue weighted by atomic mass is 10.2. The van der Waals surface area contributed by atoms with Gasteiger partial charge in [-0.05, 0) is 19.1 Å². The van der Waals surface area contributed by atoms with Crippen LogP contribution in [0.25, 0.3) is 0 Å². The number of nitrogens with two attached hydrogens (primary N) is 2. The largest absolute Gasteiger partial charge is 0.390 e. The van der Waals surface area contributed by atoms with E-state index in [2.05, 4.69) is 10.3 Å². The van der Waals surface area contributed by atoms with Gasteiger partial charge >= 0.3 is 0 Å². The van der Waals surface area contributed by atoms with Crippen LogP contribution in [0.4, 0.5) is 25.8 Å². The highest BCUT2D eigenvalue weighted by Gasteiger charge is 2.22. The van der Waals surface area contributed by atoms with Crippen molar-refractivity contribution in [2.45, 2.75) is 13.5 Å². The Balaban J connectivity index is 2.40. The summed E-state index contributed by atoms with van der Waals surface area (Å²) in [5.74, 6) is -3.47. The molecule has 1 aromatic carbocycles. The predicted molar refractivity (Wildman–Crippen MR) is 102 cm³/mol. The molecule has 0 saturated carbocycles. The first-order valence-corrected chi connectivity index (χ1v) is 10.1. The molecule has 0 saturated heterocycles. The van der Waals surface area contributed by atoms with Crippen molar-refractivity contribution in [1.29, 1.82) is 0 Å². The number of rotatable bonds is 7. The van der Waals surface area contributed by atoms with E-state index in [9.17, 15) is 22.0 Å². The molecule has 6 N–H and O–H groups in total. The molecule has 0 unspecified atom stereocenters. The predicted octanol–water partition coefficient (Wildman–Crippen LogP) is 2.12. The van der Waals surface area contributed by atoms with E-state index in [4.69, 9.17) is 11.5 Å². The Morgan fingerprint density at radius 2 is 2.07 bits per heavy atom. The average Bonchev–Trinajstić information content (AvgIpc) is 3.04. The number of nitrogens with one attached hydrogen (secondary N) is 2. The van der Waals surface area contributed by atoms with Crippen LogP contribution in [0.15, 0.2) is 22.5 Å². The summed E-state index contributed by atoms with van der Waals surface area (Å²) < 4.78 is 53.8. The number of carbonyl (C=O) groups excluding carboxylic acids is 1. The lowest BCUT2D eigenvalue weighted by Gasteiger charge is -2.12. The highest BCUT2D eigenvalue weighted by atomic mass is 32.2. The van der Waals surface area contributed by atoms with Crippen LogP contribution >= 0.6 is 11.3 Å². The quantitative estimate of drug-likeness (QED) is 0.404. The van der Waals surface area contributed by atoms with Crippen LogP contribution in [0.1, 0.15) is 22.2 Å². The van der Waals surface area contributed by atoms with Crippen molar-refractivity contribution >= 4 is 50.7 Å². The Kier molecular flexibility index (Phi) is 6.46. The Bertz CT molecular complexity index is 990. The molecule has 0 bridgehead atoms. The first-order valence-electron chi connectivity index (χ1n) is 7.58. The van der Waals surface area contributed by atoms with Gasteiger partial charge in [0.15, 0.2) is 5.82 Å². The minimum absolute atomic E-state index is 0.0282. The molecule has 1 aromatic heterocycles. The van der Waals surface area contributed by atoms with E-state index in [0.29, 0.717) is 4.88 Å². The molecule has 0 aliphatic carbocycles. The van der Waals surface area contributed by atoms with E-state index >= 15 is 0 Å². The Hall–Kier alpha value is -2.57. The molecule has 0 aliphatic rings. The highest BCUT2D eigenvalue weighted by Crippen LogP contribution is 2.32. The summed E-state index contributed by atoms with van der Waals surface area (Å²) >= 11 is 1.14. The summed E-state index contributed by atoms with van der Waals surface area (Å²) in [6, 6.07) is 1.76. The maximum Gasteiger partial charge on any atom is 0.258 e. The van der Waals surface area contributed by atoms with Crippen LogP contribution < -0.4 is 21.5 Å². The number of carbonyl (C=O) groups is 1. The number of benzene rings is 1. The first-order chi connectivity index (χ1) is 12.7. The maximum atomic E-state index is 14.5. The van der Waals surface area contributed by atoms with E-state index in [1.165, 1.54) is 12.3 Å². The topological polar surface area (TPSA) is 140 Å². The Morgan fingerprint density at radius 1 is 1.37 bits per heavy atom. The van der Waals surface area contributed by atoms with E-state index in [1.54, 1.807) is 0 Å². The van der Waals surface area contributed by atoms with Crippen LogP contribution in [-0.4, -0.2) is 26.4 Å². The third kappa shape index (κ3) is 4.59. The number of thiophene rings is 1. The molecule has 8 nitrogen and oxygen atoms in total. The van der Waals surface area contributed by atoms with Gasteiger partial charge in [0, 0.05) is 16.8 Å². The standard InChI is InChI=1S/C15H17F2N5O3S2/c1-2-27(24,25)22-10-4-3-9(16)14(12(10)17)21-15(23)8-6-26-11(5-18)13(8)20-7-19/h3-4,6-7,22H,2,5,18H2,1H3,(H2,19,20)(H,21,23). The summed E-state index contributed by atoms with van der Waals surface area (Å²) in [6.07, 6.45) is 0.972. The lowest BCUT2D eigenvalue weighted by molar-refractivity contribution is 0.102. The molecule has 0 spiro atoms. The number of sulfonamides is 1. The minimum atomic E-state index is -3.79. The van der Waals surface area contributed by atoms with Gasteiger partial charge in [-0.3, -0.25) is 9.52 Å². The number of anilines is 2. The maximum absolute atomic E-state index is 14.5. The number of halogens is 2. The molecule has 0 radical (unpaired) electrons. The number of hydrogen-bond donors (Lipinski definition) is 4. The lowest BCUT2D eigenvalue weighted by Crippen LogP contribution is -2.18. The SMILES string of the molecule is CCS(=O)(=O)Nc1ccc(F)c(NC(=O)c2csc(CN)c2N=CN)c1F. The van der Waals surface area contributed by atoms with Crippen LogP contribution in [0.2, 0.25) is 0 Å². The Morgan fingerprint density at radius 3 is 2.67 bits per heavy atom. The van der Waals surface area contributed by atoms with Gasteiger partial charge in [-0.15, -0.1) is 11.3 Å². The zero-order chi connectivity index (χ0) is 20.2. The van der Waals surface area contributed by atoms with E-state index in [-0.39, 0.29) is 23.5 Å². The number of aliphatic imine (C=N–C) groups is 1. The highest BCUT2D eigenvalue weighted by molar-refractivity contribution is 7.92. The summed E-state index contributed by atoms with van der Waals surface area (Å²) in [7, 11) is -3.79. The van der Waals surface area contributed by atoms with Gasteiger partial charge in [0.05, 0.1) is 29.0 Å². The summed E-state index contributed by atoms with van der Waals surface area (Å²) in [5, 5.41) is 3.53. The van der Waals surface area contributed by atoms with Crippen molar-refractivity contribution in [3.63, 3.8) is 0 Å². The van der Waals surface area contributed by atoms with Gasteiger partial charge in [-0.2, -0.15) is 0 Å². The molecular formula is C15H17F2N5O3S2. The van der Waals surface area contributed by atoms with Crippen LogP contribution in [-0.2, 0) is 16.6 Å². The molecule has 1 amide bonds. The normalized spacial score (nSPS) is 11.7. The smallest absolute Gasteiger partial charge is 0.258 e. The molecule has 12 heteroatoms. The molecule has 2 aromatic rings. The van der Waals surface area contributed by atoms with Crippen LogP contribution in [0.3, 0.4) is 0 Å². The zero-order valence-corrected chi connectivity index (χ0v) is 15.8. The summed E-state index contributed by atoms with van der Waals surface area (Å²) in [6.45, 7) is 1.46. The van der Waals surface area contributed by atoms with E-state index in [0.717, 1.165) is 29.8 Å². The van der Waals surface area contributed by atoms with Crippen molar-refractivity contribution < 1.29 is 22.0 Å². The fourth-order valence-electron chi connectivity index (χ4n) is 2.08. The second-order valence-electron chi connectivity index (χ2n) is 5.15. The van der Waals surface area contributed by atoms with E-state index in [1.807, 2.05) is 4.72 Å². The van der Waals surface area contributed by atoms with Crippen LogP contribution in [0.5, 0.6) is 0 Å². The molecule has 2 rings (SSSR count). The molecule has 1 heterocycles. The zero-order valence-electron chi connectivity index (χ0n) is 14.1. The average molecular weight is 417 g/mol. The van der Waals surface area contributed by atoms with Crippen molar-refractivity contribution in [2.75, 3.05) is 15.8 Å². The summed E-state index contributed by atoms with van der Waals surface area (Å²) in [4.78, 5) is 16.9. The summed E-state index contributed by atoms with van der Waals surface area (Å²) in [5.41, 5.74) is 9.78. The van der Waals surface area contributed by atoms with Gasteiger partial charge in [0.1, 0.15) is 11.5 Å². The van der Waals surface area contributed by atoms with Crippen LogP contribution in [0, 0.1) is 11.6 Å². The number of amides is 1. The molecule has 0 atom stereocenters. The molecular weight excluding hydrogens is 400 g/mol. The van der Waals surface area contributed by atoms with Crippen molar-refractivity contribution in [3.05, 3.63) is 39.6 Å². The van der Waals surface area contributed by atoms with Gasteiger partial charge in [0.2, 0.25) is 10.0 Å². The van der Waals surface area contributed by atoms with Gasteiger partial charge in [-0.1, -0.05) is 0 Å². The van der Waals surface area contributed by atoms with E-state index < -0.39 is 38.9 Å². The molecule has 0 aliphatic heterocycles. The monoisotopic (exact) mass is 417 g/mol. The van der Waals surface area contributed by atoms with Crippen molar-refractivity contribution in [2.24, 2.45) is 16.5 Å². The fraction of sp³-hybridized carbons (Fsp3) is 0.200.